The first kappa shape index (κ1) is 61.0. The maximum atomic E-state index is 8.89. The van der Waals surface area contributed by atoms with E-state index in [1.165, 1.54) is 0 Å². The van der Waals surface area contributed by atoms with E-state index in [1.807, 2.05) is 0 Å². The van der Waals surface area contributed by atoms with Crippen molar-refractivity contribution in [2.24, 2.45) is 0 Å². The molecule has 0 saturated heterocycles. The Morgan fingerprint density at radius 1 is 0.476 bits per heavy atom. The number of carboxylic acids is 4. The third-order valence-corrected chi connectivity index (χ3v) is 0. The Bertz CT molecular complexity index is 165. The summed E-state index contributed by atoms with van der Waals surface area (Å²) in [6, 6.07) is 0. The maximum absolute atomic E-state index is 8.89. The molecule has 0 aromatic heterocycles. The van der Waals surface area contributed by atoms with Crippen LogP contribution in [-0.4, -0.2) is 45.8 Å². The molecular formula is C8H20CuO12. The zero-order chi connectivity index (χ0) is 14.3. The molecule has 0 heterocycles. The van der Waals surface area contributed by atoms with Crippen molar-refractivity contribution in [1.29, 1.82) is 0 Å². The van der Waals surface area contributed by atoms with E-state index in [-0.39, 0.29) is 39.0 Å². The fourth-order valence-corrected chi connectivity index (χ4v) is 0. The van der Waals surface area contributed by atoms with Crippen molar-refractivity contribution in [1.82, 2.24) is 0 Å². The first-order chi connectivity index (χ1) is 6.93. The van der Waals surface area contributed by atoms with Crippen molar-refractivity contribution in [3.05, 3.63) is 0 Å². The Labute approximate surface area is 131 Å². The summed E-state index contributed by atoms with van der Waals surface area (Å²) in [6.45, 7) is 3.89. The van der Waals surface area contributed by atoms with Gasteiger partial charge in [0, 0.05) is 23.9 Å². The minimum Gasteiger partial charge on any atom is -0.550 e. The van der Waals surface area contributed by atoms with Crippen LogP contribution >= 0.6 is 0 Å². The molecule has 13 heteroatoms. The summed E-state index contributed by atoms with van der Waals surface area (Å²) in [4.78, 5) is 35.6. The fraction of sp³-hybridized carbons (Fsp3) is 0.500. The number of carbonyl (C=O) groups excluding carboxylic acids is 4. The molecule has 0 aromatic carbocycles. The second-order valence-corrected chi connectivity index (χ2v) is 1.97. The van der Waals surface area contributed by atoms with Crippen LogP contribution in [0.3, 0.4) is 0 Å². The Balaban J connectivity index is -0.0000000121. The number of aliphatic carboxylic acids is 4. The van der Waals surface area contributed by atoms with E-state index in [0.29, 0.717) is 0 Å². The SMILES string of the molecule is CC(=O)[O-].CC(=O)[O-].CC(=O)[O-].CC(=O)[O-].O.O.O.O.[Cu+4]. The summed E-state index contributed by atoms with van der Waals surface area (Å²) in [7, 11) is 0. The normalized spacial score (nSPS) is 4.76. The van der Waals surface area contributed by atoms with Crippen molar-refractivity contribution in [2.75, 3.05) is 0 Å². The van der Waals surface area contributed by atoms with Crippen LogP contribution < -0.4 is 20.4 Å². The fourth-order valence-electron chi connectivity index (χ4n) is 0. The van der Waals surface area contributed by atoms with Crippen LogP contribution in [0.4, 0.5) is 0 Å². The topological polar surface area (TPSA) is 287 Å². The predicted octanol–water partition coefficient (Wildman–Crippen LogP) is -8.28. The minimum atomic E-state index is -1.08. The molecule has 21 heavy (non-hydrogen) atoms. The first-order valence-electron chi connectivity index (χ1n) is 3.63. The van der Waals surface area contributed by atoms with Crippen molar-refractivity contribution < 1.29 is 78.6 Å². The molecule has 0 bridgehead atoms. The van der Waals surface area contributed by atoms with E-state index in [0.717, 1.165) is 27.7 Å². The van der Waals surface area contributed by atoms with E-state index in [2.05, 4.69) is 0 Å². The summed E-state index contributed by atoms with van der Waals surface area (Å²) in [5.41, 5.74) is 0. The predicted molar refractivity (Wildman–Crippen MR) is 57.2 cm³/mol. The molecule has 0 amide bonds. The van der Waals surface area contributed by atoms with E-state index in [4.69, 9.17) is 39.6 Å². The van der Waals surface area contributed by atoms with Gasteiger partial charge in [0.15, 0.2) is 0 Å². The van der Waals surface area contributed by atoms with Crippen molar-refractivity contribution >= 4 is 23.9 Å². The third kappa shape index (κ3) is 1550. The van der Waals surface area contributed by atoms with Gasteiger partial charge in [-0.3, -0.25) is 0 Å². The Kier molecular flexibility index (Phi) is 150. The van der Waals surface area contributed by atoms with Gasteiger partial charge < -0.3 is 61.5 Å². The van der Waals surface area contributed by atoms with Gasteiger partial charge in [-0.25, -0.2) is 0 Å². The van der Waals surface area contributed by atoms with Gasteiger partial charge in [0.05, 0.1) is 0 Å². The summed E-state index contributed by atoms with van der Waals surface area (Å²) >= 11 is 0. The van der Waals surface area contributed by atoms with Gasteiger partial charge in [-0.2, -0.15) is 0 Å². The van der Waals surface area contributed by atoms with Gasteiger partial charge in [0.25, 0.3) is 0 Å². The van der Waals surface area contributed by atoms with Gasteiger partial charge >= 0.3 is 17.1 Å². The van der Waals surface area contributed by atoms with Crippen LogP contribution in [0.15, 0.2) is 0 Å². The standard InChI is InChI=1S/4C2H4O2.Cu.4H2O/c4*1-2(3)4;;;;;/h4*1H3,(H,3,4);;4*1H2/q;;;;+4;;;;/p-4. The summed E-state index contributed by atoms with van der Waals surface area (Å²) in [6.07, 6.45) is 0. The molecule has 135 valence electrons. The molecule has 0 fully saturated rings. The third-order valence-electron chi connectivity index (χ3n) is 0. The van der Waals surface area contributed by atoms with E-state index in [9.17, 15) is 0 Å². The summed E-state index contributed by atoms with van der Waals surface area (Å²) < 4.78 is 0. The van der Waals surface area contributed by atoms with Crippen LogP contribution in [0.2, 0.25) is 0 Å². The van der Waals surface area contributed by atoms with Crippen LogP contribution in [0.1, 0.15) is 27.7 Å². The molecule has 0 saturated carbocycles. The number of hydrogen-bond acceptors (Lipinski definition) is 8. The molecule has 0 unspecified atom stereocenters. The summed E-state index contributed by atoms with van der Waals surface area (Å²) in [5.74, 6) is -4.33. The van der Waals surface area contributed by atoms with Crippen molar-refractivity contribution in [3.8, 4) is 0 Å². The van der Waals surface area contributed by atoms with E-state index in [1.54, 1.807) is 0 Å². The average Bonchev–Trinajstić information content (AvgIpc) is 1.76. The van der Waals surface area contributed by atoms with Gasteiger partial charge in [0.2, 0.25) is 0 Å². The zero-order valence-electron chi connectivity index (χ0n) is 11.6. The first-order valence-corrected chi connectivity index (χ1v) is 3.63. The number of carbonyl (C=O) groups is 4. The smallest absolute Gasteiger partial charge is 0.550 e. The molecule has 0 aliphatic carbocycles. The largest absolute Gasteiger partial charge is 4.00 e. The van der Waals surface area contributed by atoms with Crippen molar-refractivity contribution in [2.45, 2.75) is 27.7 Å². The second-order valence-electron chi connectivity index (χ2n) is 1.97. The molecule has 1 radical (unpaired) electrons. The maximum Gasteiger partial charge on any atom is 4.00 e. The molecule has 0 atom stereocenters. The van der Waals surface area contributed by atoms with Gasteiger partial charge in [-0.05, 0) is 27.7 Å². The molecule has 0 aliphatic rings. The molecule has 12 nitrogen and oxygen atoms in total. The van der Waals surface area contributed by atoms with E-state index < -0.39 is 23.9 Å². The molecule has 0 aliphatic heterocycles. The van der Waals surface area contributed by atoms with Crippen molar-refractivity contribution in [3.63, 3.8) is 0 Å². The van der Waals surface area contributed by atoms with Crippen LogP contribution in [0.25, 0.3) is 0 Å². The number of rotatable bonds is 0. The Morgan fingerprint density at radius 3 is 0.476 bits per heavy atom. The number of hydrogen-bond donors (Lipinski definition) is 0. The quantitative estimate of drug-likeness (QED) is 0.367. The van der Waals surface area contributed by atoms with Gasteiger partial charge in [-0.15, -0.1) is 0 Å². The second kappa shape index (κ2) is 51.7. The molecular weight excluding hydrogens is 352 g/mol. The average molecular weight is 372 g/mol. The molecule has 0 spiro atoms. The van der Waals surface area contributed by atoms with Gasteiger partial charge in [0.1, 0.15) is 0 Å². The molecule has 8 N–H and O–H groups in total. The van der Waals surface area contributed by atoms with Gasteiger partial charge in [-0.1, -0.05) is 0 Å². The van der Waals surface area contributed by atoms with Crippen LogP contribution in [0, 0.1) is 0 Å². The monoisotopic (exact) mass is 371 g/mol. The van der Waals surface area contributed by atoms with E-state index >= 15 is 0 Å². The Morgan fingerprint density at radius 2 is 0.476 bits per heavy atom. The van der Waals surface area contributed by atoms with Crippen LogP contribution in [-0.2, 0) is 36.2 Å². The summed E-state index contributed by atoms with van der Waals surface area (Å²) in [5, 5.41) is 35.6. The zero-order valence-corrected chi connectivity index (χ0v) is 12.5. The Hall–Kier alpha value is -1.76. The minimum absolute atomic E-state index is 0. The molecule has 0 rings (SSSR count). The number of carboxylic acid groups (broad SMARTS) is 4. The molecule has 0 aromatic rings. The van der Waals surface area contributed by atoms with Crippen LogP contribution in [0.5, 0.6) is 0 Å².